The van der Waals surface area contributed by atoms with Crippen molar-refractivity contribution in [3.63, 3.8) is 0 Å². The summed E-state index contributed by atoms with van der Waals surface area (Å²) in [5.74, 6) is -3.18. The number of rotatable bonds is 5. The highest BCUT2D eigenvalue weighted by Crippen LogP contribution is 2.39. The maximum Gasteiger partial charge on any atom is 0.303 e. The molecule has 0 saturated heterocycles. The van der Waals surface area contributed by atoms with Crippen molar-refractivity contribution in [3.05, 3.63) is 46.6 Å². The first kappa shape index (κ1) is 25.8. The Morgan fingerprint density at radius 1 is 0.946 bits per heavy atom. The molecule has 1 aromatic heterocycles. The van der Waals surface area contributed by atoms with Crippen molar-refractivity contribution in [2.45, 2.75) is 51.6 Å². The lowest BCUT2D eigenvalue weighted by atomic mass is 9.81. The van der Waals surface area contributed by atoms with Gasteiger partial charge in [0.05, 0.1) is 0 Å². The number of aliphatic hydroxyl groups is 1. The van der Waals surface area contributed by atoms with E-state index in [1.165, 1.54) is 31.2 Å². The van der Waals surface area contributed by atoms with Gasteiger partial charge in [-0.3, -0.25) is 14.4 Å². The van der Waals surface area contributed by atoms with E-state index in [2.05, 4.69) is 0 Å². The van der Waals surface area contributed by atoms with Gasteiger partial charge in [-0.25, -0.2) is 0 Å². The summed E-state index contributed by atoms with van der Waals surface area (Å²) in [6.45, 7) is 4.03. The highest BCUT2D eigenvalue weighted by molar-refractivity contribution is 5.88. The highest BCUT2D eigenvalue weighted by atomic mass is 16.6. The van der Waals surface area contributed by atoms with Gasteiger partial charge < -0.3 is 39.1 Å². The second-order valence-corrected chi connectivity index (χ2v) is 8.98. The number of aromatic hydroxyl groups is 3. The molecule has 4 rings (SSSR count). The molecule has 1 heterocycles. The highest BCUT2D eigenvalue weighted by Gasteiger charge is 2.48. The minimum Gasteiger partial charge on any atom is -0.508 e. The van der Waals surface area contributed by atoms with Crippen LogP contribution in [-0.2, 0) is 19.1 Å². The molecular formula is C26H26O11. The van der Waals surface area contributed by atoms with Crippen molar-refractivity contribution in [3.8, 4) is 34.3 Å². The normalized spacial score (nSPS) is 23.4. The molecule has 196 valence electrons. The van der Waals surface area contributed by atoms with Crippen molar-refractivity contribution < 1.29 is 48.6 Å². The van der Waals surface area contributed by atoms with Crippen LogP contribution in [0.2, 0.25) is 0 Å². The fourth-order valence-corrected chi connectivity index (χ4v) is 4.54. The molecule has 4 N–H and O–H groups in total. The topological polar surface area (TPSA) is 173 Å². The Hall–Kier alpha value is -4.25. The number of phenols is 3. The van der Waals surface area contributed by atoms with Gasteiger partial charge in [-0.1, -0.05) is 6.92 Å². The standard InChI is InChI=1S/C26H26O11/c1-11-8-19(25(35-13(3)28)22(33)23(11)34-12(2)27)37-26-21(32)20-17(31)9-16(30)10-18(20)36-24(26)14-4-6-15(29)7-5-14/h4-7,9-11,19,22-23,25,29-31,33H,8H2,1-3H3/t11-,19-,22-,23+,25+/m0/s1. The number of carbonyl (C=O) groups excluding carboxylic acids is 2. The molecule has 5 atom stereocenters. The lowest BCUT2D eigenvalue weighted by Gasteiger charge is -2.42. The summed E-state index contributed by atoms with van der Waals surface area (Å²) >= 11 is 0. The van der Waals surface area contributed by atoms with E-state index in [9.17, 15) is 34.8 Å². The summed E-state index contributed by atoms with van der Waals surface area (Å²) in [7, 11) is 0. The molecule has 2 aromatic carbocycles. The van der Waals surface area contributed by atoms with E-state index in [4.69, 9.17) is 18.6 Å². The Bertz CT molecular complexity index is 1390. The Morgan fingerprint density at radius 3 is 2.19 bits per heavy atom. The van der Waals surface area contributed by atoms with Crippen LogP contribution in [0.15, 0.2) is 45.6 Å². The van der Waals surface area contributed by atoms with Crippen molar-refractivity contribution >= 4 is 22.9 Å². The van der Waals surface area contributed by atoms with Gasteiger partial charge in [0.25, 0.3) is 0 Å². The smallest absolute Gasteiger partial charge is 0.303 e. The van der Waals surface area contributed by atoms with Gasteiger partial charge in [0.2, 0.25) is 11.2 Å². The number of carbonyl (C=O) groups is 2. The number of ether oxygens (including phenoxy) is 3. The van der Waals surface area contributed by atoms with Gasteiger partial charge in [-0.15, -0.1) is 0 Å². The molecule has 0 unspecified atom stereocenters. The van der Waals surface area contributed by atoms with E-state index in [-0.39, 0.29) is 40.4 Å². The molecule has 1 aliphatic carbocycles. The summed E-state index contributed by atoms with van der Waals surface area (Å²) in [5.41, 5.74) is -0.588. The third-order valence-corrected chi connectivity index (χ3v) is 6.13. The fourth-order valence-electron chi connectivity index (χ4n) is 4.54. The zero-order valence-corrected chi connectivity index (χ0v) is 20.2. The molecule has 0 spiro atoms. The lowest BCUT2D eigenvalue weighted by molar-refractivity contribution is -0.196. The third-order valence-electron chi connectivity index (χ3n) is 6.13. The van der Waals surface area contributed by atoms with Crippen LogP contribution in [0.3, 0.4) is 0 Å². The van der Waals surface area contributed by atoms with Crippen LogP contribution in [0, 0.1) is 5.92 Å². The van der Waals surface area contributed by atoms with Gasteiger partial charge >= 0.3 is 11.9 Å². The van der Waals surface area contributed by atoms with E-state index in [1.54, 1.807) is 6.92 Å². The molecule has 1 aliphatic rings. The van der Waals surface area contributed by atoms with Crippen LogP contribution in [-0.4, -0.2) is 56.8 Å². The first-order chi connectivity index (χ1) is 17.5. The number of aliphatic hydroxyl groups excluding tert-OH is 1. The van der Waals surface area contributed by atoms with Crippen molar-refractivity contribution in [2.75, 3.05) is 0 Å². The molecule has 11 heteroatoms. The molecule has 0 amide bonds. The average Bonchev–Trinajstić information content (AvgIpc) is 2.80. The zero-order valence-electron chi connectivity index (χ0n) is 20.2. The summed E-state index contributed by atoms with van der Waals surface area (Å²) in [6.07, 6.45) is -4.72. The first-order valence-corrected chi connectivity index (χ1v) is 11.5. The van der Waals surface area contributed by atoms with Crippen molar-refractivity contribution in [1.29, 1.82) is 0 Å². The largest absolute Gasteiger partial charge is 0.508 e. The zero-order chi connectivity index (χ0) is 27.0. The third kappa shape index (κ3) is 5.17. The van der Waals surface area contributed by atoms with Crippen LogP contribution in [0.4, 0.5) is 0 Å². The quantitative estimate of drug-likeness (QED) is 0.369. The summed E-state index contributed by atoms with van der Waals surface area (Å²) < 4.78 is 22.5. The number of hydrogen-bond acceptors (Lipinski definition) is 11. The molecular weight excluding hydrogens is 488 g/mol. The number of esters is 2. The summed E-state index contributed by atoms with van der Waals surface area (Å²) in [4.78, 5) is 37.0. The van der Waals surface area contributed by atoms with Crippen molar-refractivity contribution in [1.82, 2.24) is 0 Å². The van der Waals surface area contributed by atoms with Crippen LogP contribution >= 0.6 is 0 Å². The predicted octanol–water partition coefficient (Wildman–Crippen LogP) is 2.59. The maximum absolute atomic E-state index is 13.6. The van der Waals surface area contributed by atoms with Crippen molar-refractivity contribution in [2.24, 2.45) is 5.92 Å². The molecule has 1 saturated carbocycles. The monoisotopic (exact) mass is 514 g/mol. The van der Waals surface area contributed by atoms with Gasteiger partial charge in [0.15, 0.2) is 11.9 Å². The minimum atomic E-state index is -1.46. The SMILES string of the molecule is CC(=O)O[C@H]1[C@@H](O)[C@H](OC(C)=O)[C@@H](C)C[C@@H]1Oc1c(-c2ccc(O)cc2)oc2cc(O)cc(O)c2c1=O. The van der Waals surface area contributed by atoms with E-state index >= 15 is 0 Å². The fraction of sp³-hybridized carbons (Fsp3) is 0.346. The molecule has 0 bridgehead atoms. The van der Waals surface area contributed by atoms with Crippen LogP contribution in [0.5, 0.6) is 23.0 Å². The molecule has 3 aromatic rings. The molecule has 0 aliphatic heterocycles. The molecule has 0 radical (unpaired) electrons. The Labute approximate surface area is 210 Å². The Morgan fingerprint density at radius 2 is 1.57 bits per heavy atom. The van der Waals surface area contributed by atoms with Crippen LogP contribution in [0.1, 0.15) is 27.2 Å². The summed E-state index contributed by atoms with van der Waals surface area (Å²) in [5, 5.41) is 40.6. The molecule has 11 nitrogen and oxygen atoms in total. The second kappa shape index (κ2) is 10.0. The van der Waals surface area contributed by atoms with E-state index < -0.39 is 53.5 Å². The number of hydrogen-bond donors (Lipinski definition) is 4. The van der Waals surface area contributed by atoms with E-state index in [0.717, 1.165) is 19.1 Å². The number of fused-ring (bicyclic) bond motifs is 1. The number of benzene rings is 2. The Kier molecular flexibility index (Phi) is 6.99. The summed E-state index contributed by atoms with van der Waals surface area (Å²) in [6, 6.07) is 7.78. The Balaban J connectivity index is 1.86. The number of phenolic OH excluding ortho intramolecular Hbond substituents is 3. The lowest BCUT2D eigenvalue weighted by Crippen LogP contribution is -2.57. The average molecular weight is 514 g/mol. The van der Waals surface area contributed by atoms with Gasteiger partial charge in [0, 0.05) is 31.5 Å². The van der Waals surface area contributed by atoms with Crippen LogP contribution in [0.25, 0.3) is 22.3 Å². The van der Waals surface area contributed by atoms with E-state index in [1.807, 2.05) is 0 Å². The van der Waals surface area contributed by atoms with Gasteiger partial charge in [0.1, 0.15) is 46.5 Å². The maximum atomic E-state index is 13.6. The minimum absolute atomic E-state index is 0.0414. The van der Waals surface area contributed by atoms with E-state index in [0.29, 0.717) is 5.56 Å². The predicted molar refractivity (Wildman–Crippen MR) is 128 cm³/mol. The van der Waals surface area contributed by atoms with Gasteiger partial charge in [-0.2, -0.15) is 0 Å². The van der Waals surface area contributed by atoms with Gasteiger partial charge in [-0.05, 0) is 36.6 Å². The second-order valence-electron chi connectivity index (χ2n) is 8.98. The molecule has 1 fully saturated rings. The first-order valence-electron chi connectivity index (χ1n) is 11.5. The van der Waals surface area contributed by atoms with Crippen LogP contribution < -0.4 is 10.2 Å². The molecule has 37 heavy (non-hydrogen) atoms.